The summed E-state index contributed by atoms with van der Waals surface area (Å²) in [5.74, 6) is 5.70. The summed E-state index contributed by atoms with van der Waals surface area (Å²) in [6, 6.07) is 8.09. The Labute approximate surface area is 113 Å². The maximum Gasteiger partial charge on any atom is 0.238 e. The first-order valence-electron chi connectivity index (χ1n) is 6.60. The van der Waals surface area contributed by atoms with Gasteiger partial charge in [-0.1, -0.05) is 12.1 Å². The third-order valence-electron chi connectivity index (χ3n) is 3.56. The second-order valence-corrected chi connectivity index (χ2v) is 4.98. The Morgan fingerprint density at radius 2 is 2.21 bits per heavy atom. The van der Waals surface area contributed by atoms with E-state index in [0.29, 0.717) is 12.5 Å². The number of rotatable bonds is 5. The molecule has 1 aromatic carbocycles. The van der Waals surface area contributed by atoms with E-state index < -0.39 is 0 Å². The molecule has 1 aliphatic heterocycles. The SMILES string of the molecule is CN1CCC[C@@H]1COc1ccc(CC(=O)NN)cc1. The molecule has 5 nitrogen and oxygen atoms in total. The van der Waals surface area contributed by atoms with Gasteiger partial charge in [0.2, 0.25) is 5.91 Å². The van der Waals surface area contributed by atoms with Crippen molar-refractivity contribution in [2.45, 2.75) is 25.3 Å². The molecular formula is C14H21N3O2. The summed E-state index contributed by atoms with van der Waals surface area (Å²) in [4.78, 5) is 13.5. The molecule has 0 bridgehead atoms. The van der Waals surface area contributed by atoms with Gasteiger partial charge >= 0.3 is 0 Å². The molecule has 1 amide bonds. The Morgan fingerprint density at radius 3 is 2.79 bits per heavy atom. The fourth-order valence-corrected chi connectivity index (χ4v) is 2.32. The lowest BCUT2D eigenvalue weighted by Gasteiger charge is -2.19. The Kier molecular flexibility index (Phi) is 4.76. The van der Waals surface area contributed by atoms with E-state index in [1.165, 1.54) is 12.8 Å². The number of carbonyl (C=O) groups excluding carboxylic acids is 1. The number of likely N-dealkylation sites (N-methyl/N-ethyl adjacent to an activating group) is 1. The number of benzene rings is 1. The highest BCUT2D eigenvalue weighted by Crippen LogP contribution is 2.18. The molecule has 0 aromatic heterocycles. The summed E-state index contributed by atoms with van der Waals surface area (Å²) in [6.45, 7) is 1.88. The van der Waals surface area contributed by atoms with E-state index in [-0.39, 0.29) is 5.91 Å². The maximum absolute atomic E-state index is 11.1. The van der Waals surface area contributed by atoms with Crippen LogP contribution in [0, 0.1) is 0 Å². The van der Waals surface area contributed by atoms with Gasteiger partial charge in [0, 0.05) is 6.04 Å². The van der Waals surface area contributed by atoms with E-state index in [4.69, 9.17) is 10.6 Å². The molecule has 2 rings (SSSR count). The monoisotopic (exact) mass is 263 g/mol. The summed E-state index contributed by atoms with van der Waals surface area (Å²) >= 11 is 0. The van der Waals surface area contributed by atoms with Gasteiger partial charge in [0.05, 0.1) is 6.42 Å². The Balaban J connectivity index is 1.83. The molecule has 1 heterocycles. The van der Waals surface area contributed by atoms with Crippen molar-refractivity contribution in [3.63, 3.8) is 0 Å². The molecule has 1 saturated heterocycles. The zero-order valence-electron chi connectivity index (χ0n) is 11.3. The van der Waals surface area contributed by atoms with Gasteiger partial charge in [-0.05, 0) is 44.1 Å². The lowest BCUT2D eigenvalue weighted by Crippen LogP contribution is -2.31. The van der Waals surface area contributed by atoms with Crippen LogP contribution in [0.5, 0.6) is 5.75 Å². The molecule has 0 aliphatic carbocycles. The van der Waals surface area contributed by atoms with Gasteiger partial charge in [-0.2, -0.15) is 0 Å². The van der Waals surface area contributed by atoms with Crippen LogP contribution in [-0.4, -0.2) is 37.0 Å². The minimum atomic E-state index is -0.193. The first kappa shape index (κ1) is 13.8. The van der Waals surface area contributed by atoms with Gasteiger partial charge in [-0.15, -0.1) is 0 Å². The quantitative estimate of drug-likeness (QED) is 0.466. The van der Waals surface area contributed by atoms with Gasteiger partial charge in [0.15, 0.2) is 0 Å². The van der Waals surface area contributed by atoms with E-state index in [1.54, 1.807) is 0 Å². The van der Waals surface area contributed by atoms with E-state index in [9.17, 15) is 4.79 Å². The molecular weight excluding hydrogens is 242 g/mol. The van der Waals surface area contributed by atoms with Crippen molar-refractivity contribution in [3.8, 4) is 5.75 Å². The number of hydrogen-bond acceptors (Lipinski definition) is 4. The van der Waals surface area contributed by atoms with Crippen LogP contribution in [0.15, 0.2) is 24.3 Å². The summed E-state index contributed by atoms with van der Waals surface area (Å²) in [6.07, 6.45) is 2.74. The third-order valence-corrected chi connectivity index (χ3v) is 3.56. The Bertz CT molecular complexity index is 419. The first-order valence-corrected chi connectivity index (χ1v) is 6.60. The van der Waals surface area contributed by atoms with Crippen LogP contribution in [0.4, 0.5) is 0 Å². The van der Waals surface area contributed by atoms with Crippen LogP contribution in [0.25, 0.3) is 0 Å². The van der Waals surface area contributed by atoms with Crippen LogP contribution in [-0.2, 0) is 11.2 Å². The second-order valence-electron chi connectivity index (χ2n) is 4.98. The summed E-state index contributed by atoms with van der Waals surface area (Å²) in [5.41, 5.74) is 3.04. The number of amides is 1. The number of nitrogens with two attached hydrogens (primary N) is 1. The van der Waals surface area contributed by atoms with Crippen molar-refractivity contribution in [1.29, 1.82) is 0 Å². The highest BCUT2D eigenvalue weighted by Gasteiger charge is 2.21. The average molecular weight is 263 g/mol. The van der Waals surface area contributed by atoms with E-state index in [2.05, 4.69) is 17.4 Å². The van der Waals surface area contributed by atoms with Crippen LogP contribution < -0.4 is 16.0 Å². The highest BCUT2D eigenvalue weighted by atomic mass is 16.5. The normalized spacial score (nSPS) is 19.4. The minimum Gasteiger partial charge on any atom is -0.492 e. The van der Waals surface area contributed by atoms with Crippen LogP contribution in [0.2, 0.25) is 0 Å². The number of carbonyl (C=O) groups is 1. The number of hydrogen-bond donors (Lipinski definition) is 2. The van der Waals surface area contributed by atoms with Gasteiger partial charge in [-0.25, -0.2) is 5.84 Å². The minimum absolute atomic E-state index is 0.193. The van der Waals surface area contributed by atoms with Crippen molar-refractivity contribution in [3.05, 3.63) is 29.8 Å². The molecule has 3 N–H and O–H groups in total. The predicted octanol–water partition coefficient (Wildman–Crippen LogP) is 0.692. The fourth-order valence-electron chi connectivity index (χ4n) is 2.32. The lowest BCUT2D eigenvalue weighted by atomic mass is 10.1. The molecule has 0 radical (unpaired) electrons. The smallest absolute Gasteiger partial charge is 0.238 e. The second kappa shape index (κ2) is 6.54. The maximum atomic E-state index is 11.1. The van der Waals surface area contributed by atoms with E-state index >= 15 is 0 Å². The standard InChI is InChI=1S/C14H21N3O2/c1-17-8-2-3-12(17)10-19-13-6-4-11(5-7-13)9-14(18)16-15/h4-7,12H,2-3,8-10,15H2,1H3,(H,16,18)/t12-/m1/s1. The molecule has 104 valence electrons. The van der Waals surface area contributed by atoms with Crippen molar-refractivity contribution in [2.75, 3.05) is 20.2 Å². The largest absolute Gasteiger partial charge is 0.492 e. The molecule has 19 heavy (non-hydrogen) atoms. The van der Waals surface area contributed by atoms with Crippen molar-refractivity contribution in [2.24, 2.45) is 5.84 Å². The number of ether oxygens (including phenoxy) is 1. The van der Waals surface area contributed by atoms with Gasteiger partial charge < -0.3 is 9.64 Å². The summed E-state index contributed by atoms with van der Waals surface area (Å²) in [5, 5.41) is 0. The number of nitrogens with one attached hydrogen (secondary N) is 1. The van der Waals surface area contributed by atoms with Crippen molar-refractivity contribution in [1.82, 2.24) is 10.3 Å². The highest BCUT2D eigenvalue weighted by molar-refractivity contribution is 5.77. The topological polar surface area (TPSA) is 67.6 Å². The van der Waals surface area contributed by atoms with Crippen molar-refractivity contribution < 1.29 is 9.53 Å². The van der Waals surface area contributed by atoms with Gasteiger partial charge in [0.25, 0.3) is 0 Å². The molecule has 0 spiro atoms. The number of nitrogens with zero attached hydrogens (tertiary/aromatic N) is 1. The summed E-state index contributed by atoms with van der Waals surface area (Å²) in [7, 11) is 2.13. The predicted molar refractivity (Wildman–Crippen MR) is 73.6 cm³/mol. The molecule has 1 aromatic rings. The summed E-state index contributed by atoms with van der Waals surface area (Å²) < 4.78 is 5.78. The molecule has 1 atom stereocenters. The van der Waals surface area contributed by atoms with Crippen LogP contribution in [0.1, 0.15) is 18.4 Å². The third kappa shape index (κ3) is 3.94. The Morgan fingerprint density at radius 1 is 1.47 bits per heavy atom. The fraction of sp³-hybridized carbons (Fsp3) is 0.500. The molecule has 1 aliphatic rings. The number of likely N-dealkylation sites (tertiary alicyclic amines) is 1. The van der Waals surface area contributed by atoms with Gasteiger partial charge in [0.1, 0.15) is 12.4 Å². The molecule has 5 heteroatoms. The Hall–Kier alpha value is -1.59. The van der Waals surface area contributed by atoms with Crippen LogP contribution in [0.3, 0.4) is 0 Å². The average Bonchev–Trinajstić information content (AvgIpc) is 2.83. The molecule has 0 saturated carbocycles. The zero-order chi connectivity index (χ0) is 13.7. The lowest BCUT2D eigenvalue weighted by molar-refractivity contribution is -0.120. The zero-order valence-corrected chi connectivity index (χ0v) is 11.3. The van der Waals surface area contributed by atoms with E-state index in [0.717, 1.165) is 24.5 Å². The van der Waals surface area contributed by atoms with E-state index in [1.807, 2.05) is 24.3 Å². The van der Waals surface area contributed by atoms with Gasteiger partial charge in [-0.3, -0.25) is 10.2 Å². The first-order chi connectivity index (χ1) is 9.19. The number of hydrazine groups is 1. The molecule has 0 unspecified atom stereocenters. The van der Waals surface area contributed by atoms with Crippen LogP contribution >= 0.6 is 0 Å². The molecule has 1 fully saturated rings. The van der Waals surface area contributed by atoms with Crippen molar-refractivity contribution >= 4 is 5.91 Å².